The van der Waals surface area contributed by atoms with E-state index in [4.69, 9.17) is 11.6 Å². The molecule has 2 N–H and O–H groups in total. The first-order valence-corrected chi connectivity index (χ1v) is 15.7. The van der Waals surface area contributed by atoms with Crippen molar-refractivity contribution < 1.29 is 26.0 Å². The summed E-state index contributed by atoms with van der Waals surface area (Å²) in [4.78, 5) is 12.9. The number of carbonyl (C=O) groups is 1. The second-order valence-corrected chi connectivity index (χ2v) is 13.6. The molecule has 0 spiro atoms. The maximum absolute atomic E-state index is 14.1. The summed E-state index contributed by atoms with van der Waals surface area (Å²) in [5, 5.41) is 2.82. The van der Waals surface area contributed by atoms with Gasteiger partial charge in [-0.2, -0.15) is 0 Å². The number of carbonyl (C=O) groups excluding carboxylic acids is 1. The van der Waals surface area contributed by atoms with Crippen LogP contribution in [-0.2, 0) is 30.6 Å². The number of piperidine rings is 1. The number of hydrogen-bond acceptors (Lipinski definition) is 5. The molecular formula is C27H29ClFN3O5S2. The smallest absolute Gasteiger partial charge is 0.261 e. The minimum absolute atomic E-state index is 0.0488. The highest BCUT2D eigenvalue weighted by molar-refractivity contribution is 7.92. The number of hydrogen-bond donors (Lipinski definition) is 2. The Morgan fingerprint density at radius 2 is 1.67 bits per heavy atom. The van der Waals surface area contributed by atoms with Crippen LogP contribution in [0.2, 0.25) is 5.02 Å². The lowest BCUT2D eigenvalue weighted by atomic mass is 9.97. The molecular weight excluding hydrogens is 565 g/mol. The molecule has 4 rings (SSSR count). The monoisotopic (exact) mass is 593 g/mol. The predicted molar refractivity (Wildman–Crippen MR) is 150 cm³/mol. The van der Waals surface area contributed by atoms with Gasteiger partial charge in [-0.25, -0.2) is 25.5 Å². The van der Waals surface area contributed by atoms with Crippen LogP contribution in [0.3, 0.4) is 0 Å². The molecule has 39 heavy (non-hydrogen) atoms. The third-order valence-electron chi connectivity index (χ3n) is 6.66. The number of aryl methyl sites for hydroxylation is 2. The van der Waals surface area contributed by atoms with Crippen LogP contribution >= 0.6 is 11.6 Å². The number of rotatable bonds is 8. The molecule has 1 fully saturated rings. The lowest BCUT2D eigenvalue weighted by Gasteiger charge is -2.30. The van der Waals surface area contributed by atoms with Crippen LogP contribution in [-0.4, -0.2) is 40.1 Å². The van der Waals surface area contributed by atoms with Crippen LogP contribution in [0.25, 0.3) is 0 Å². The summed E-state index contributed by atoms with van der Waals surface area (Å²) < 4.78 is 69.2. The van der Waals surface area contributed by atoms with Crippen LogP contribution in [0.4, 0.5) is 15.8 Å². The summed E-state index contributed by atoms with van der Waals surface area (Å²) in [7, 11) is -7.64. The van der Waals surface area contributed by atoms with Crippen LogP contribution in [0.5, 0.6) is 0 Å². The number of nitrogens with zero attached hydrogens (tertiary/aromatic N) is 1. The fraction of sp³-hybridized carbons (Fsp3) is 0.296. The average molecular weight is 594 g/mol. The molecule has 1 heterocycles. The van der Waals surface area contributed by atoms with Gasteiger partial charge in [0.1, 0.15) is 5.82 Å². The summed E-state index contributed by atoms with van der Waals surface area (Å²) in [5.74, 6) is -1.94. The highest BCUT2D eigenvalue weighted by atomic mass is 35.5. The quantitative estimate of drug-likeness (QED) is 0.378. The fourth-order valence-corrected chi connectivity index (χ4v) is 7.48. The number of anilines is 2. The van der Waals surface area contributed by atoms with E-state index in [0.717, 1.165) is 17.2 Å². The molecule has 12 heteroatoms. The number of amides is 1. The highest BCUT2D eigenvalue weighted by Crippen LogP contribution is 2.27. The van der Waals surface area contributed by atoms with E-state index >= 15 is 0 Å². The van der Waals surface area contributed by atoms with Crippen molar-refractivity contribution in [2.24, 2.45) is 5.92 Å². The van der Waals surface area contributed by atoms with E-state index in [1.54, 1.807) is 6.07 Å². The summed E-state index contributed by atoms with van der Waals surface area (Å²) in [6.45, 7) is 3.98. The number of halogens is 2. The number of benzene rings is 3. The van der Waals surface area contributed by atoms with Gasteiger partial charge in [-0.1, -0.05) is 35.4 Å². The van der Waals surface area contributed by atoms with Crippen LogP contribution in [0, 0.1) is 25.6 Å². The molecule has 1 saturated heterocycles. The molecule has 0 aliphatic carbocycles. The van der Waals surface area contributed by atoms with E-state index in [1.807, 2.05) is 26.0 Å². The van der Waals surface area contributed by atoms with Gasteiger partial charge in [-0.15, -0.1) is 0 Å². The first-order chi connectivity index (χ1) is 18.4. The standard InChI is InChI=1S/C27H29ClFN3O5S2/c1-18-6-11-26(19(2)16-18)31-39(36,37)22-9-7-21(8-10-22)30-27(33)20-12-14-32(15-13-20)38(34,35)17-23-24(28)4-3-5-25(23)29/h3-11,16,20,31H,12-15,17H2,1-2H3,(H,30,33). The average Bonchev–Trinajstić information content (AvgIpc) is 2.88. The lowest BCUT2D eigenvalue weighted by molar-refractivity contribution is -0.120. The molecule has 0 radical (unpaired) electrons. The van der Waals surface area contributed by atoms with E-state index in [0.29, 0.717) is 24.2 Å². The second-order valence-electron chi connectivity index (χ2n) is 9.57. The molecule has 8 nitrogen and oxygen atoms in total. The van der Waals surface area contributed by atoms with Gasteiger partial charge in [-0.05, 0) is 74.7 Å². The van der Waals surface area contributed by atoms with Crippen molar-refractivity contribution in [3.8, 4) is 0 Å². The molecule has 0 bridgehead atoms. The zero-order valence-corrected chi connectivity index (χ0v) is 23.8. The molecule has 0 unspecified atom stereocenters. The van der Waals surface area contributed by atoms with Crippen LogP contribution < -0.4 is 10.0 Å². The van der Waals surface area contributed by atoms with Gasteiger partial charge in [0.15, 0.2) is 0 Å². The van der Waals surface area contributed by atoms with Crippen LogP contribution in [0.15, 0.2) is 65.6 Å². The first kappa shape index (κ1) is 29.0. The molecule has 1 aliphatic heterocycles. The molecule has 1 aliphatic rings. The van der Waals surface area contributed by atoms with Crippen molar-refractivity contribution >= 4 is 48.9 Å². The Balaban J connectivity index is 1.33. The van der Waals surface area contributed by atoms with E-state index in [-0.39, 0.29) is 34.5 Å². The Bertz CT molecular complexity index is 1570. The van der Waals surface area contributed by atoms with Gasteiger partial charge in [0.2, 0.25) is 15.9 Å². The number of sulfonamides is 2. The van der Waals surface area contributed by atoms with E-state index in [1.165, 1.54) is 40.7 Å². The van der Waals surface area contributed by atoms with Crippen molar-refractivity contribution in [3.05, 3.63) is 88.2 Å². The van der Waals surface area contributed by atoms with E-state index in [2.05, 4.69) is 10.0 Å². The maximum Gasteiger partial charge on any atom is 0.261 e. The van der Waals surface area contributed by atoms with Crippen molar-refractivity contribution in [3.63, 3.8) is 0 Å². The normalized spacial score (nSPS) is 15.2. The molecule has 0 atom stereocenters. The molecule has 3 aromatic rings. The van der Waals surface area contributed by atoms with Crippen LogP contribution in [0.1, 0.15) is 29.5 Å². The topological polar surface area (TPSA) is 113 Å². The third-order valence-corrected chi connectivity index (χ3v) is 10.2. The van der Waals surface area contributed by atoms with Gasteiger partial charge in [0.05, 0.1) is 16.3 Å². The van der Waals surface area contributed by atoms with Gasteiger partial charge < -0.3 is 5.32 Å². The third kappa shape index (κ3) is 6.96. The Labute approximate surface area is 233 Å². The molecule has 3 aromatic carbocycles. The molecule has 0 saturated carbocycles. The van der Waals surface area contributed by atoms with Gasteiger partial charge in [0, 0.05) is 35.3 Å². The Morgan fingerprint density at radius 3 is 2.28 bits per heavy atom. The Hall–Kier alpha value is -2.99. The van der Waals surface area contributed by atoms with Gasteiger partial charge in [-0.3, -0.25) is 9.52 Å². The summed E-state index contributed by atoms with van der Waals surface area (Å²) in [6, 6.07) is 15.3. The van der Waals surface area contributed by atoms with Crippen molar-refractivity contribution in [1.29, 1.82) is 0 Å². The van der Waals surface area contributed by atoms with E-state index < -0.39 is 37.5 Å². The zero-order valence-electron chi connectivity index (χ0n) is 21.4. The SMILES string of the molecule is Cc1ccc(NS(=O)(=O)c2ccc(NC(=O)C3CCN(S(=O)(=O)Cc4c(F)cccc4Cl)CC3)cc2)c(C)c1. The largest absolute Gasteiger partial charge is 0.326 e. The lowest BCUT2D eigenvalue weighted by Crippen LogP contribution is -2.42. The minimum atomic E-state index is -3.82. The van der Waals surface area contributed by atoms with E-state index in [9.17, 15) is 26.0 Å². The second kappa shape index (κ2) is 11.6. The summed E-state index contributed by atoms with van der Waals surface area (Å²) in [5.41, 5.74) is 2.67. The minimum Gasteiger partial charge on any atom is -0.326 e. The zero-order chi connectivity index (χ0) is 28.4. The predicted octanol–water partition coefficient (Wildman–Crippen LogP) is 5.08. The van der Waals surface area contributed by atoms with Gasteiger partial charge >= 0.3 is 0 Å². The molecule has 0 aromatic heterocycles. The van der Waals surface area contributed by atoms with Crippen molar-refractivity contribution in [2.45, 2.75) is 37.3 Å². The molecule has 208 valence electrons. The first-order valence-electron chi connectivity index (χ1n) is 12.3. The Morgan fingerprint density at radius 1 is 1.00 bits per heavy atom. The van der Waals surface area contributed by atoms with Crippen molar-refractivity contribution in [2.75, 3.05) is 23.1 Å². The van der Waals surface area contributed by atoms with Crippen molar-refractivity contribution in [1.82, 2.24) is 4.31 Å². The Kier molecular flexibility index (Phi) is 8.65. The summed E-state index contributed by atoms with van der Waals surface area (Å²) >= 11 is 5.99. The van der Waals surface area contributed by atoms with Gasteiger partial charge in [0.25, 0.3) is 10.0 Å². The molecule has 1 amide bonds. The maximum atomic E-state index is 14.1. The highest BCUT2D eigenvalue weighted by Gasteiger charge is 2.32. The summed E-state index contributed by atoms with van der Waals surface area (Å²) in [6.07, 6.45) is 0.588. The number of nitrogens with one attached hydrogen (secondary N) is 2. The fourth-order valence-electron chi connectivity index (χ4n) is 4.43.